The zero-order valence-corrected chi connectivity index (χ0v) is 19.9. The Morgan fingerprint density at radius 3 is 2.59 bits per heavy atom. The molecule has 1 aliphatic rings. The van der Waals surface area contributed by atoms with Crippen LogP contribution < -0.4 is 10.2 Å². The fraction of sp³-hybridized carbons (Fsp3) is 0.348. The van der Waals surface area contributed by atoms with Gasteiger partial charge in [0.25, 0.3) is 0 Å². The highest BCUT2D eigenvalue weighted by molar-refractivity contribution is 7.17. The zero-order chi connectivity index (χ0) is 23.9. The Balaban J connectivity index is 1.28. The number of nitrogens with zero attached hydrogens (tertiary/aromatic N) is 5. The summed E-state index contributed by atoms with van der Waals surface area (Å²) in [5.74, 6) is 1.37. The standard InChI is InChI=1S/C23H26N6O4S/c1-16-25-19(27-23-24-15-18(34-23)22(31)32-2)14-20(26-16)29-10-8-28(9-11-29)12-13-33-21(30)17-6-4-3-5-7-17/h3-7,14-15H,8-13H2,1-2H3,(H,24,25,26,27). The van der Waals surface area contributed by atoms with E-state index in [-0.39, 0.29) is 5.97 Å². The molecule has 1 saturated heterocycles. The van der Waals surface area contributed by atoms with Crippen molar-refractivity contribution in [1.29, 1.82) is 0 Å². The zero-order valence-electron chi connectivity index (χ0n) is 19.1. The monoisotopic (exact) mass is 482 g/mol. The number of benzene rings is 1. The third-order valence-electron chi connectivity index (χ3n) is 5.30. The van der Waals surface area contributed by atoms with Crippen LogP contribution in [0, 0.1) is 6.92 Å². The lowest BCUT2D eigenvalue weighted by Crippen LogP contribution is -2.47. The molecule has 1 N–H and O–H groups in total. The number of methoxy groups -OCH3 is 1. The summed E-state index contributed by atoms with van der Waals surface area (Å²) in [6, 6.07) is 10.9. The molecule has 0 amide bonds. The molecule has 178 valence electrons. The number of thiazole rings is 1. The molecule has 0 spiro atoms. The molecule has 0 atom stereocenters. The highest BCUT2D eigenvalue weighted by atomic mass is 32.1. The predicted octanol–water partition coefficient (Wildman–Crippen LogP) is 2.75. The Kier molecular flexibility index (Phi) is 7.65. The second-order valence-corrected chi connectivity index (χ2v) is 8.67. The molecular formula is C23H26N6O4S. The Hall–Kier alpha value is -3.57. The second-order valence-electron chi connectivity index (χ2n) is 7.64. The van der Waals surface area contributed by atoms with Gasteiger partial charge in [-0.05, 0) is 19.1 Å². The first-order chi connectivity index (χ1) is 16.5. The molecule has 0 saturated carbocycles. The average molecular weight is 483 g/mol. The molecule has 0 radical (unpaired) electrons. The first kappa shape index (κ1) is 23.6. The van der Waals surface area contributed by atoms with E-state index in [1.165, 1.54) is 24.6 Å². The number of piperazine rings is 1. The molecule has 0 unspecified atom stereocenters. The number of rotatable bonds is 8. The number of aryl methyl sites for hydroxylation is 1. The lowest BCUT2D eigenvalue weighted by Gasteiger charge is -2.35. The minimum Gasteiger partial charge on any atom is -0.465 e. The van der Waals surface area contributed by atoms with Crippen LogP contribution in [0.1, 0.15) is 25.9 Å². The molecule has 34 heavy (non-hydrogen) atoms. The van der Waals surface area contributed by atoms with E-state index in [0.29, 0.717) is 40.4 Å². The topological polar surface area (TPSA) is 110 Å². The van der Waals surface area contributed by atoms with Crippen molar-refractivity contribution in [3.05, 3.63) is 58.9 Å². The van der Waals surface area contributed by atoms with Gasteiger partial charge >= 0.3 is 11.9 Å². The summed E-state index contributed by atoms with van der Waals surface area (Å²) in [4.78, 5) is 41.8. The number of hydrogen-bond donors (Lipinski definition) is 1. The van der Waals surface area contributed by atoms with Gasteiger partial charge in [-0.2, -0.15) is 0 Å². The van der Waals surface area contributed by atoms with Crippen LogP contribution in [-0.2, 0) is 9.47 Å². The summed E-state index contributed by atoms with van der Waals surface area (Å²) in [7, 11) is 1.34. The van der Waals surface area contributed by atoms with Crippen LogP contribution in [0.15, 0.2) is 42.6 Å². The summed E-state index contributed by atoms with van der Waals surface area (Å²) in [6.45, 7) is 6.16. The molecule has 3 aromatic rings. The summed E-state index contributed by atoms with van der Waals surface area (Å²) >= 11 is 1.20. The molecule has 11 heteroatoms. The highest BCUT2D eigenvalue weighted by Gasteiger charge is 2.20. The van der Waals surface area contributed by atoms with Crippen LogP contribution in [-0.4, -0.2) is 78.2 Å². The predicted molar refractivity (Wildman–Crippen MR) is 129 cm³/mol. The normalized spacial score (nSPS) is 14.0. The van der Waals surface area contributed by atoms with Gasteiger partial charge in [-0.3, -0.25) is 4.90 Å². The fourth-order valence-electron chi connectivity index (χ4n) is 3.54. The summed E-state index contributed by atoms with van der Waals surface area (Å²) < 4.78 is 10.1. The van der Waals surface area contributed by atoms with Crippen molar-refractivity contribution < 1.29 is 19.1 Å². The van der Waals surface area contributed by atoms with E-state index in [1.54, 1.807) is 12.1 Å². The van der Waals surface area contributed by atoms with Crippen LogP contribution in [0.3, 0.4) is 0 Å². The third kappa shape index (κ3) is 6.06. The number of esters is 2. The maximum Gasteiger partial charge on any atom is 0.349 e. The van der Waals surface area contributed by atoms with Crippen LogP contribution >= 0.6 is 11.3 Å². The van der Waals surface area contributed by atoms with Crippen molar-refractivity contribution in [3.8, 4) is 0 Å². The van der Waals surface area contributed by atoms with Gasteiger partial charge in [0.15, 0.2) is 5.13 Å². The van der Waals surface area contributed by atoms with Crippen molar-refractivity contribution in [3.63, 3.8) is 0 Å². The molecule has 0 bridgehead atoms. The van der Waals surface area contributed by atoms with E-state index in [4.69, 9.17) is 9.47 Å². The van der Waals surface area contributed by atoms with Crippen LogP contribution in [0.25, 0.3) is 0 Å². The number of anilines is 3. The van der Waals surface area contributed by atoms with Gasteiger partial charge in [-0.25, -0.2) is 24.5 Å². The van der Waals surface area contributed by atoms with Crippen molar-refractivity contribution in [2.75, 3.05) is 56.7 Å². The summed E-state index contributed by atoms with van der Waals surface area (Å²) in [6.07, 6.45) is 1.48. The van der Waals surface area contributed by atoms with E-state index in [2.05, 4.69) is 30.1 Å². The largest absolute Gasteiger partial charge is 0.465 e. The van der Waals surface area contributed by atoms with Crippen molar-refractivity contribution >= 4 is 40.0 Å². The molecule has 1 aliphatic heterocycles. The van der Waals surface area contributed by atoms with Gasteiger partial charge in [0.05, 0.1) is 18.9 Å². The Labute approximate surface area is 201 Å². The molecule has 1 fully saturated rings. The Bertz CT molecular complexity index is 1130. The van der Waals surface area contributed by atoms with Gasteiger partial charge in [-0.15, -0.1) is 0 Å². The molecule has 3 heterocycles. The first-order valence-corrected chi connectivity index (χ1v) is 11.7. The molecular weight excluding hydrogens is 456 g/mol. The number of aromatic nitrogens is 3. The van der Waals surface area contributed by atoms with E-state index >= 15 is 0 Å². The van der Waals surface area contributed by atoms with Crippen molar-refractivity contribution in [2.24, 2.45) is 0 Å². The maximum absolute atomic E-state index is 12.1. The summed E-state index contributed by atoms with van der Waals surface area (Å²) in [5.41, 5.74) is 0.565. The van der Waals surface area contributed by atoms with E-state index in [0.717, 1.165) is 32.0 Å². The van der Waals surface area contributed by atoms with Gasteiger partial charge < -0.3 is 19.7 Å². The Morgan fingerprint density at radius 1 is 1.09 bits per heavy atom. The molecule has 0 aliphatic carbocycles. The molecule has 10 nitrogen and oxygen atoms in total. The van der Waals surface area contributed by atoms with Crippen molar-refractivity contribution in [1.82, 2.24) is 19.9 Å². The average Bonchev–Trinajstić information content (AvgIpc) is 3.32. The van der Waals surface area contributed by atoms with E-state index in [1.807, 2.05) is 31.2 Å². The highest BCUT2D eigenvalue weighted by Crippen LogP contribution is 2.24. The van der Waals surface area contributed by atoms with Crippen LogP contribution in [0.5, 0.6) is 0 Å². The first-order valence-electron chi connectivity index (χ1n) is 10.9. The fourth-order valence-corrected chi connectivity index (χ4v) is 4.28. The Morgan fingerprint density at radius 2 is 1.85 bits per heavy atom. The van der Waals surface area contributed by atoms with Crippen molar-refractivity contribution in [2.45, 2.75) is 6.92 Å². The third-order valence-corrected chi connectivity index (χ3v) is 6.19. The maximum atomic E-state index is 12.1. The molecule has 2 aromatic heterocycles. The molecule has 1 aromatic carbocycles. The quantitative estimate of drug-likeness (QED) is 0.481. The van der Waals surface area contributed by atoms with Crippen LogP contribution in [0.2, 0.25) is 0 Å². The lowest BCUT2D eigenvalue weighted by atomic mass is 10.2. The van der Waals surface area contributed by atoms with E-state index < -0.39 is 5.97 Å². The number of nitrogens with one attached hydrogen (secondary N) is 1. The van der Waals surface area contributed by atoms with Gasteiger partial charge in [0.2, 0.25) is 0 Å². The SMILES string of the molecule is COC(=O)c1cnc(Nc2cc(N3CCN(CCOC(=O)c4ccccc4)CC3)nc(C)n2)s1. The minimum absolute atomic E-state index is 0.297. The number of carbonyl (C=O) groups is 2. The number of carbonyl (C=O) groups excluding carboxylic acids is 2. The van der Waals surface area contributed by atoms with Gasteiger partial charge in [-0.1, -0.05) is 29.5 Å². The summed E-state index contributed by atoms with van der Waals surface area (Å²) in [5, 5.41) is 3.70. The van der Waals surface area contributed by atoms with Crippen LogP contribution in [0.4, 0.5) is 16.8 Å². The number of ether oxygens (including phenoxy) is 2. The minimum atomic E-state index is -0.419. The van der Waals surface area contributed by atoms with Gasteiger partial charge in [0.1, 0.15) is 28.9 Å². The lowest BCUT2D eigenvalue weighted by molar-refractivity contribution is 0.0458. The number of hydrogen-bond acceptors (Lipinski definition) is 11. The smallest absolute Gasteiger partial charge is 0.349 e. The van der Waals surface area contributed by atoms with E-state index in [9.17, 15) is 9.59 Å². The molecule has 4 rings (SSSR count). The van der Waals surface area contributed by atoms with Gasteiger partial charge in [0, 0.05) is 38.8 Å². The second kappa shape index (κ2) is 11.0.